The fourth-order valence-electron chi connectivity index (χ4n) is 1.99. The summed E-state index contributed by atoms with van der Waals surface area (Å²) >= 11 is 0. The normalized spacial score (nSPS) is 23.5. The Morgan fingerprint density at radius 1 is 1.64 bits per heavy atom. The summed E-state index contributed by atoms with van der Waals surface area (Å²) in [6, 6.07) is 0. The molecule has 2 rings (SSSR count). The highest BCUT2D eigenvalue weighted by Crippen LogP contribution is 2.58. The van der Waals surface area contributed by atoms with Crippen molar-refractivity contribution in [3.05, 3.63) is 27.9 Å². The Balaban J connectivity index is 2.42. The summed E-state index contributed by atoms with van der Waals surface area (Å²) < 4.78 is 0. The molecule has 1 saturated carbocycles. The van der Waals surface area contributed by atoms with Crippen molar-refractivity contribution in [2.24, 2.45) is 5.41 Å². The van der Waals surface area contributed by atoms with Gasteiger partial charge in [0.25, 0.3) is 0 Å². The van der Waals surface area contributed by atoms with Gasteiger partial charge in [0.05, 0.1) is 0 Å². The lowest BCUT2D eigenvalue weighted by Crippen LogP contribution is -2.14. The van der Waals surface area contributed by atoms with Crippen LogP contribution in [0.15, 0.2) is 11.0 Å². The van der Waals surface area contributed by atoms with E-state index >= 15 is 0 Å². The Bertz CT molecular complexity index is 406. The Morgan fingerprint density at radius 2 is 2.29 bits per heavy atom. The second-order valence-corrected chi connectivity index (χ2v) is 4.73. The minimum atomic E-state index is -0.222. The van der Waals surface area contributed by atoms with Crippen LogP contribution in [0.1, 0.15) is 44.4 Å². The second kappa shape index (κ2) is 2.94. The minimum absolute atomic E-state index is 0.222. The van der Waals surface area contributed by atoms with Crippen molar-refractivity contribution in [1.82, 2.24) is 9.97 Å². The van der Waals surface area contributed by atoms with Gasteiger partial charge < -0.3 is 4.98 Å². The highest BCUT2D eigenvalue weighted by molar-refractivity contribution is 5.28. The highest BCUT2D eigenvalue weighted by atomic mass is 16.1. The van der Waals surface area contributed by atoms with Crippen LogP contribution in [0.4, 0.5) is 0 Å². The Morgan fingerprint density at radius 3 is 2.79 bits per heavy atom. The quantitative estimate of drug-likeness (QED) is 0.777. The molecule has 1 unspecified atom stereocenters. The fourth-order valence-corrected chi connectivity index (χ4v) is 1.99. The Kier molecular flexibility index (Phi) is 1.98. The van der Waals surface area contributed by atoms with E-state index in [0.717, 1.165) is 12.1 Å². The second-order valence-electron chi connectivity index (χ2n) is 4.73. The third-order valence-corrected chi connectivity index (χ3v) is 3.17. The summed E-state index contributed by atoms with van der Waals surface area (Å²) in [6.45, 7) is 6.56. The number of aromatic nitrogens is 2. The van der Waals surface area contributed by atoms with E-state index in [2.05, 4.69) is 30.7 Å². The van der Waals surface area contributed by atoms with E-state index in [0.29, 0.717) is 11.3 Å². The SMILES string of the molecule is CCc1cnc(=O)[nH]c1C1CC1(C)C. The van der Waals surface area contributed by atoms with Gasteiger partial charge >= 0.3 is 5.69 Å². The van der Waals surface area contributed by atoms with Gasteiger partial charge in [-0.05, 0) is 23.8 Å². The van der Waals surface area contributed by atoms with Crippen molar-refractivity contribution < 1.29 is 0 Å². The van der Waals surface area contributed by atoms with Gasteiger partial charge in [0.1, 0.15) is 0 Å². The van der Waals surface area contributed by atoms with Crippen LogP contribution in [0.25, 0.3) is 0 Å². The number of aromatic amines is 1. The zero-order valence-electron chi connectivity index (χ0n) is 8.92. The van der Waals surface area contributed by atoms with Gasteiger partial charge in [-0.1, -0.05) is 20.8 Å². The van der Waals surface area contributed by atoms with Gasteiger partial charge in [0, 0.05) is 17.8 Å². The molecule has 1 aliphatic carbocycles. The third kappa shape index (κ3) is 1.47. The molecule has 0 aromatic carbocycles. The first-order chi connectivity index (χ1) is 6.54. The molecule has 1 N–H and O–H groups in total. The molecule has 0 amide bonds. The van der Waals surface area contributed by atoms with Crippen LogP contribution in [0, 0.1) is 5.41 Å². The maximum absolute atomic E-state index is 11.1. The highest BCUT2D eigenvalue weighted by Gasteiger charge is 2.47. The molecule has 76 valence electrons. The van der Waals surface area contributed by atoms with Crippen LogP contribution < -0.4 is 5.69 Å². The number of nitrogens with one attached hydrogen (secondary N) is 1. The fraction of sp³-hybridized carbons (Fsp3) is 0.636. The maximum atomic E-state index is 11.1. The van der Waals surface area contributed by atoms with Crippen LogP contribution in [0.5, 0.6) is 0 Å². The van der Waals surface area contributed by atoms with Crippen molar-refractivity contribution in [2.75, 3.05) is 0 Å². The molecule has 0 radical (unpaired) electrons. The summed E-state index contributed by atoms with van der Waals surface area (Å²) in [6.07, 6.45) is 3.81. The van der Waals surface area contributed by atoms with E-state index in [1.807, 2.05) is 0 Å². The number of nitrogens with zero attached hydrogens (tertiary/aromatic N) is 1. The molecule has 0 saturated heterocycles. The largest absolute Gasteiger partial charge is 0.345 e. The lowest BCUT2D eigenvalue weighted by atomic mass is 10.0. The van der Waals surface area contributed by atoms with Crippen molar-refractivity contribution in [1.29, 1.82) is 0 Å². The zero-order chi connectivity index (χ0) is 10.3. The molecule has 1 aromatic heterocycles. The lowest BCUT2D eigenvalue weighted by molar-refractivity contribution is 0.611. The van der Waals surface area contributed by atoms with E-state index in [9.17, 15) is 4.79 Å². The standard InChI is InChI=1S/C11H16N2O/c1-4-7-6-12-10(14)13-9(7)8-5-11(8,2)3/h6,8H,4-5H2,1-3H3,(H,12,13,14). The van der Waals surface area contributed by atoms with Crippen molar-refractivity contribution in [2.45, 2.75) is 39.5 Å². The van der Waals surface area contributed by atoms with Crippen LogP contribution in [-0.2, 0) is 6.42 Å². The van der Waals surface area contributed by atoms with Gasteiger partial charge in [-0.15, -0.1) is 0 Å². The molecule has 0 spiro atoms. The summed E-state index contributed by atoms with van der Waals surface area (Å²) in [5.41, 5.74) is 2.42. The molecule has 3 heteroatoms. The summed E-state index contributed by atoms with van der Waals surface area (Å²) in [5.74, 6) is 0.521. The third-order valence-electron chi connectivity index (χ3n) is 3.17. The molecule has 1 heterocycles. The molecule has 1 atom stereocenters. The van der Waals surface area contributed by atoms with Gasteiger partial charge in [-0.25, -0.2) is 9.78 Å². The lowest BCUT2D eigenvalue weighted by Gasteiger charge is -2.07. The number of hydrogen-bond acceptors (Lipinski definition) is 2. The molecule has 14 heavy (non-hydrogen) atoms. The molecule has 0 bridgehead atoms. The van der Waals surface area contributed by atoms with Gasteiger partial charge in [-0.2, -0.15) is 0 Å². The molecule has 3 nitrogen and oxygen atoms in total. The van der Waals surface area contributed by atoms with Crippen molar-refractivity contribution in [3.63, 3.8) is 0 Å². The van der Waals surface area contributed by atoms with E-state index in [-0.39, 0.29) is 5.69 Å². The molecule has 0 aliphatic heterocycles. The molecule has 1 aromatic rings. The summed E-state index contributed by atoms with van der Waals surface area (Å²) in [5, 5.41) is 0. The first-order valence-electron chi connectivity index (χ1n) is 5.12. The van der Waals surface area contributed by atoms with Gasteiger partial charge in [-0.3, -0.25) is 0 Å². The van der Waals surface area contributed by atoms with Gasteiger partial charge in [0.2, 0.25) is 0 Å². The maximum Gasteiger partial charge on any atom is 0.345 e. The number of aryl methyl sites for hydroxylation is 1. The number of H-pyrrole nitrogens is 1. The average Bonchev–Trinajstić information content (AvgIpc) is 2.75. The Labute approximate surface area is 83.6 Å². The summed E-state index contributed by atoms with van der Waals surface area (Å²) in [7, 11) is 0. The van der Waals surface area contributed by atoms with E-state index < -0.39 is 0 Å². The van der Waals surface area contributed by atoms with E-state index in [1.165, 1.54) is 12.0 Å². The van der Waals surface area contributed by atoms with Crippen LogP contribution >= 0.6 is 0 Å². The average molecular weight is 192 g/mol. The van der Waals surface area contributed by atoms with E-state index in [1.54, 1.807) is 6.20 Å². The molecular formula is C11H16N2O. The van der Waals surface area contributed by atoms with Crippen LogP contribution in [0.3, 0.4) is 0 Å². The Hall–Kier alpha value is -1.12. The monoisotopic (exact) mass is 192 g/mol. The summed E-state index contributed by atoms with van der Waals surface area (Å²) in [4.78, 5) is 17.8. The van der Waals surface area contributed by atoms with Crippen LogP contribution in [0.2, 0.25) is 0 Å². The number of hydrogen-bond donors (Lipinski definition) is 1. The van der Waals surface area contributed by atoms with Crippen molar-refractivity contribution in [3.8, 4) is 0 Å². The number of rotatable bonds is 2. The predicted molar refractivity (Wildman–Crippen MR) is 55.4 cm³/mol. The smallest absolute Gasteiger partial charge is 0.309 e. The topological polar surface area (TPSA) is 45.8 Å². The van der Waals surface area contributed by atoms with Gasteiger partial charge in [0.15, 0.2) is 0 Å². The zero-order valence-corrected chi connectivity index (χ0v) is 8.92. The first-order valence-corrected chi connectivity index (χ1v) is 5.12. The molecule has 1 fully saturated rings. The van der Waals surface area contributed by atoms with E-state index in [4.69, 9.17) is 0 Å². The minimum Gasteiger partial charge on any atom is -0.309 e. The molecular weight excluding hydrogens is 176 g/mol. The predicted octanol–water partition coefficient (Wildman–Crippen LogP) is 1.85. The van der Waals surface area contributed by atoms with Crippen molar-refractivity contribution >= 4 is 0 Å². The van der Waals surface area contributed by atoms with Crippen LogP contribution in [-0.4, -0.2) is 9.97 Å². The molecule has 1 aliphatic rings. The first kappa shape index (κ1) is 9.44.